The number of amides is 1. The van der Waals surface area contributed by atoms with E-state index in [4.69, 9.17) is 14.5 Å². The van der Waals surface area contributed by atoms with Crippen molar-refractivity contribution in [3.63, 3.8) is 0 Å². The van der Waals surface area contributed by atoms with E-state index in [-0.39, 0.29) is 11.5 Å². The van der Waals surface area contributed by atoms with Gasteiger partial charge in [0.25, 0.3) is 5.56 Å². The number of nitrogens with zero attached hydrogens (tertiary/aromatic N) is 2. The van der Waals surface area contributed by atoms with Crippen LogP contribution in [0.4, 0.5) is 5.69 Å². The molecule has 0 aliphatic rings. The highest BCUT2D eigenvalue weighted by molar-refractivity contribution is 8.00. The molecule has 0 spiro atoms. The van der Waals surface area contributed by atoms with Gasteiger partial charge < -0.3 is 14.8 Å². The Morgan fingerprint density at radius 3 is 2.46 bits per heavy atom. The van der Waals surface area contributed by atoms with Crippen LogP contribution in [-0.2, 0) is 4.79 Å². The summed E-state index contributed by atoms with van der Waals surface area (Å²) >= 11 is 1.22. The number of carbonyl (C=O) groups is 1. The van der Waals surface area contributed by atoms with Gasteiger partial charge in [-0.3, -0.25) is 14.2 Å². The lowest BCUT2D eigenvalue weighted by molar-refractivity contribution is -0.115. The van der Waals surface area contributed by atoms with Crippen molar-refractivity contribution < 1.29 is 14.3 Å². The number of benzene rings is 3. The first kappa shape index (κ1) is 24.3. The van der Waals surface area contributed by atoms with Gasteiger partial charge in [-0.15, -0.1) is 0 Å². The van der Waals surface area contributed by atoms with Crippen LogP contribution in [0.2, 0.25) is 0 Å². The molecule has 4 aromatic rings. The summed E-state index contributed by atoms with van der Waals surface area (Å²) in [6, 6.07) is 18.3. The Labute approximate surface area is 208 Å². The molecule has 7 nitrogen and oxygen atoms in total. The fourth-order valence-electron chi connectivity index (χ4n) is 3.78. The molecule has 0 aliphatic heterocycles. The van der Waals surface area contributed by atoms with Gasteiger partial charge in [0.15, 0.2) is 16.7 Å². The Kier molecular flexibility index (Phi) is 7.12. The Hall–Kier alpha value is -3.78. The number of methoxy groups -OCH3 is 2. The predicted molar refractivity (Wildman–Crippen MR) is 140 cm³/mol. The zero-order valence-corrected chi connectivity index (χ0v) is 21.1. The number of anilines is 1. The lowest BCUT2D eigenvalue weighted by Gasteiger charge is -2.18. The number of rotatable bonds is 7. The third kappa shape index (κ3) is 5.02. The molecule has 1 atom stereocenters. The number of para-hydroxylation sites is 1. The number of nitrogens with one attached hydrogen (secondary N) is 1. The maximum atomic E-state index is 13.6. The quantitative estimate of drug-likeness (QED) is 0.286. The van der Waals surface area contributed by atoms with Gasteiger partial charge in [-0.2, -0.15) is 0 Å². The number of carbonyl (C=O) groups excluding carboxylic acids is 1. The molecule has 1 unspecified atom stereocenters. The molecule has 0 bridgehead atoms. The third-order valence-electron chi connectivity index (χ3n) is 5.66. The van der Waals surface area contributed by atoms with Crippen LogP contribution in [0.5, 0.6) is 11.5 Å². The Balaban J connectivity index is 1.75. The smallest absolute Gasteiger partial charge is 0.266 e. The highest BCUT2D eigenvalue weighted by atomic mass is 32.2. The topological polar surface area (TPSA) is 82.5 Å². The van der Waals surface area contributed by atoms with Crippen molar-refractivity contribution in [2.24, 2.45) is 0 Å². The summed E-state index contributed by atoms with van der Waals surface area (Å²) in [6.07, 6.45) is 0. The number of fused-ring (bicyclic) bond motifs is 1. The van der Waals surface area contributed by atoms with Gasteiger partial charge in [0.1, 0.15) is 0 Å². The van der Waals surface area contributed by atoms with Crippen LogP contribution in [-0.4, -0.2) is 34.9 Å². The molecule has 0 fully saturated rings. The summed E-state index contributed by atoms with van der Waals surface area (Å²) in [5, 5.41) is 3.36. The summed E-state index contributed by atoms with van der Waals surface area (Å²) in [4.78, 5) is 31.4. The van der Waals surface area contributed by atoms with E-state index in [1.807, 2.05) is 38.1 Å². The van der Waals surface area contributed by atoms with Crippen LogP contribution in [0.15, 0.2) is 70.6 Å². The van der Waals surface area contributed by atoms with Gasteiger partial charge in [-0.25, -0.2) is 4.98 Å². The molecule has 180 valence electrons. The van der Waals surface area contributed by atoms with Crippen molar-refractivity contribution in [1.29, 1.82) is 0 Å². The summed E-state index contributed by atoms with van der Waals surface area (Å²) < 4.78 is 12.3. The first-order chi connectivity index (χ1) is 16.8. The van der Waals surface area contributed by atoms with Gasteiger partial charge in [0.05, 0.1) is 36.1 Å². The van der Waals surface area contributed by atoms with Crippen molar-refractivity contribution in [2.45, 2.75) is 31.2 Å². The second-order valence-electron chi connectivity index (χ2n) is 8.16. The maximum absolute atomic E-state index is 13.6. The summed E-state index contributed by atoms with van der Waals surface area (Å²) in [6.45, 7) is 5.76. The normalized spacial score (nSPS) is 11.8. The van der Waals surface area contributed by atoms with E-state index in [2.05, 4.69) is 5.32 Å². The Morgan fingerprint density at radius 1 is 1.00 bits per heavy atom. The van der Waals surface area contributed by atoms with E-state index in [1.165, 1.54) is 23.4 Å². The molecule has 3 aromatic carbocycles. The van der Waals surface area contributed by atoms with Gasteiger partial charge in [-0.1, -0.05) is 41.6 Å². The molecule has 35 heavy (non-hydrogen) atoms. The number of ether oxygens (including phenoxy) is 2. The average molecular weight is 490 g/mol. The molecule has 0 radical (unpaired) electrons. The largest absolute Gasteiger partial charge is 0.493 e. The number of aromatic nitrogens is 2. The maximum Gasteiger partial charge on any atom is 0.266 e. The lowest BCUT2D eigenvalue weighted by Crippen LogP contribution is -2.26. The van der Waals surface area contributed by atoms with E-state index >= 15 is 0 Å². The van der Waals surface area contributed by atoms with Crippen molar-refractivity contribution in [3.8, 4) is 17.2 Å². The SMILES string of the molecule is COc1ccc(-n2c(SC(C)C(=O)Nc3ccc(C)cc3C)nc3ccccc3c2=O)cc1OC. The fraction of sp³-hybridized carbons (Fsp3) is 0.222. The van der Waals surface area contributed by atoms with Crippen molar-refractivity contribution in [1.82, 2.24) is 9.55 Å². The molecule has 4 rings (SSSR count). The average Bonchev–Trinajstić information content (AvgIpc) is 2.85. The monoisotopic (exact) mass is 489 g/mol. The number of aryl methyl sites for hydroxylation is 2. The second kappa shape index (κ2) is 10.2. The molecule has 1 aromatic heterocycles. The van der Waals surface area contributed by atoms with Gasteiger partial charge in [0, 0.05) is 11.8 Å². The molecular formula is C27H27N3O4S. The van der Waals surface area contributed by atoms with E-state index < -0.39 is 5.25 Å². The molecule has 1 heterocycles. The molecule has 0 saturated heterocycles. The predicted octanol–water partition coefficient (Wildman–Crippen LogP) is 5.14. The first-order valence-corrected chi connectivity index (χ1v) is 12.0. The van der Waals surface area contributed by atoms with E-state index in [0.717, 1.165) is 16.8 Å². The summed E-state index contributed by atoms with van der Waals surface area (Å²) in [5.74, 6) is 0.860. The molecule has 1 N–H and O–H groups in total. The number of thioether (sulfide) groups is 1. The highest BCUT2D eigenvalue weighted by Gasteiger charge is 2.21. The summed E-state index contributed by atoms with van der Waals surface area (Å²) in [7, 11) is 3.09. The van der Waals surface area contributed by atoms with Gasteiger partial charge in [0.2, 0.25) is 5.91 Å². The molecular weight excluding hydrogens is 462 g/mol. The van der Waals surface area contributed by atoms with Crippen molar-refractivity contribution in [2.75, 3.05) is 19.5 Å². The zero-order chi connectivity index (χ0) is 25.1. The van der Waals surface area contributed by atoms with Crippen LogP contribution in [0.25, 0.3) is 16.6 Å². The Morgan fingerprint density at radius 2 is 1.74 bits per heavy atom. The van der Waals surface area contributed by atoms with Gasteiger partial charge >= 0.3 is 0 Å². The molecule has 8 heteroatoms. The molecule has 0 saturated carbocycles. The van der Waals surface area contributed by atoms with E-state index in [1.54, 1.807) is 50.4 Å². The Bertz CT molecular complexity index is 1470. The molecule has 0 aliphatic carbocycles. The number of hydrogen-bond donors (Lipinski definition) is 1. The lowest BCUT2D eigenvalue weighted by atomic mass is 10.1. The highest BCUT2D eigenvalue weighted by Crippen LogP contribution is 2.32. The van der Waals surface area contributed by atoms with Crippen molar-refractivity contribution >= 4 is 34.3 Å². The number of hydrogen-bond acceptors (Lipinski definition) is 6. The van der Waals surface area contributed by atoms with Crippen molar-refractivity contribution in [3.05, 3.63) is 82.1 Å². The summed E-state index contributed by atoms with van der Waals surface area (Å²) in [5.41, 5.74) is 3.78. The minimum atomic E-state index is -0.518. The van der Waals surface area contributed by atoms with Crippen LogP contribution >= 0.6 is 11.8 Å². The minimum absolute atomic E-state index is 0.178. The fourth-order valence-corrected chi connectivity index (χ4v) is 4.71. The third-order valence-corrected chi connectivity index (χ3v) is 6.71. The standard InChI is InChI=1S/C27H27N3O4S/c1-16-10-12-21(17(2)14-16)28-25(31)18(3)35-27-29-22-9-7-6-8-20(22)26(32)30(27)19-11-13-23(33-4)24(15-19)34-5/h6-15,18H,1-5H3,(H,28,31). The molecule has 1 amide bonds. The zero-order valence-electron chi connectivity index (χ0n) is 20.3. The van der Waals surface area contributed by atoms with Crippen LogP contribution in [0, 0.1) is 13.8 Å². The van der Waals surface area contributed by atoms with Crippen LogP contribution in [0.1, 0.15) is 18.1 Å². The van der Waals surface area contributed by atoms with E-state index in [9.17, 15) is 9.59 Å². The van der Waals surface area contributed by atoms with Crippen LogP contribution in [0.3, 0.4) is 0 Å². The second-order valence-corrected chi connectivity index (χ2v) is 9.47. The minimum Gasteiger partial charge on any atom is -0.493 e. The van der Waals surface area contributed by atoms with Crippen LogP contribution < -0.4 is 20.3 Å². The van der Waals surface area contributed by atoms with Gasteiger partial charge in [-0.05, 0) is 56.7 Å². The first-order valence-electron chi connectivity index (χ1n) is 11.1. The van der Waals surface area contributed by atoms with E-state index in [0.29, 0.717) is 33.2 Å².